The second kappa shape index (κ2) is 5.18. The Morgan fingerprint density at radius 1 is 1.30 bits per heavy atom. The average Bonchev–Trinajstić information content (AvgIpc) is 3.16. The van der Waals surface area contributed by atoms with Crippen LogP contribution < -0.4 is 0 Å². The normalized spacial score (nSPS) is 16.2. The van der Waals surface area contributed by atoms with E-state index < -0.39 is 0 Å². The summed E-state index contributed by atoms with van der Waals surface area (Å²) in [5.41, 5.74) is 1.98. The first-order valence-electron chi connectivity index (χ1n) is 6.82. The van der Waals surface area contributed by atoms with Gasteiger partial charge in [0.2, 0.25) is 4.96 Å². The van der Waals surface area contributed by atoms with Gasteiger partial charge in [-0.2, -0.15) is 0 Å². The van der Waals surface area contributed by atoms with E-state index in [1.54, 1.807) is 17.5 Å². The van der Waals surface area contributed by atoms with E-state index in [4.69, 9.17) is 0 Å². The first-order chi connectivity index (χ1) is 9.88. The molecule has 3 aromatic heterocycles. The SMILES string of the molecule is c1cncc(-c2cn3nc(SC4CCCC4)sc3n2)c1. The Morgan fingerprint density at radius 2 is 2.20 bits per heavy atom. The Bertz CT molecular complexity index is 682. The maximum atomic E-state index is 4.64. The highest BCUT2D eigenvalue weighted by atomic mass is 32.2. The Labute approximate surface area is 125 Å². The molecule has 0 saturated heterocycles. The molecule has 1 fully saturated rings. The highest BCUT2D eigenvalue weighted by Crippen LogP contribution is 2.36. The van der Waals surface area contributed by atoms with Crippen LogP contribution in [0.2, 0.25) is 0 Å². The lowest BCUT2D eigenvalue weighted by atomic mass is 10.2. The summed E-state index contributed by atoms with van der Waals surface area (Å²) < 4.78 is 3.03. The highest BCUT2D eigenvalue weighted by Gasteiger charge is 2.19. The van der Waals surface area contributed by atoms with Gasteiger partial charge in [-0.25, -0.2) is 9.50 Å². The molecule has 4 rings (SSSR count). The average molecular weight is 302 g/mol. The summed E-state index contributed by atoms with van der Waals surface area (Å²) in [4.78, 5) is 9.74. The summed E-state index contributed by atoms with van der Waals surface area (Å²) in [6.07, 6.45) is 11.0. The molecule has 0 amide bonds. The molecule has 0 atom stereocenters. The molecule has 102 valence electrons. The third kappa shape index (κ3) is 2.33. The fourth-order valence-corrected chi connectivity index (χ4v) is 4.96. The zero-order valence-corrected chi connectivity index (χ0v) is 12.5. The van der Waals surface area contributed by atoms with Crippen LogP contribution in [-0.4, -0.2) is 24.8 Å². The molecule has 6 heteroatoms. The minimum absolute atomic E-state index is 0.753. The number of fused-ring (bicyclic) bond motifs is 1. The van der Waals surface area contributed by atoms with E-state index in [0.29, 0.717) is 0 Å². The van der Waals surface area contributed by atoms with Crippen LogP contribution in [0.3, 0.4) is 0 Å². The van der Waals surface area contributed by atoms with E-state index in [2.05, 4.69) is 15.1 Å². The van der Waals surface area contributed by atoms with Crippen molar-refractivity contribution in [3.8, 4) is 11.3 Å². The largest absolute Gasteiger partial charge is 0.264 e. The van der Waals surface area contributed by atoms with Crippen molar-refractivity contribution in [2.75, 3.05) is 0 Å². The first kappa shape index (κ1) is 12.3. The van der Waals surface area contributed by atoms with Crippen LogP contribution in [0.5, 0.6) is 0 Å². The molecule has 0 bridgehead atoms. The molecule has 0 aromatic carbocycles. The van der Waals surface area contributed by atoms with Crippen LogP contribution in [0.25, 0.3) is 16.2 Å². The fraction of sp³-hybridized carbons (Fsp3) is 0.357. The zero-order chi connectivity index (χ0) is 13.4. The molecule has 1 aliphatic carbocycles. The van der Waals surface area contributed by atoms with Gasteiger partial charge in [0.15, 0.2) is 4.34 Å². The van der Waals surface area contributed by atoms with Crippen LogP contribution in [0, 0.1) is 0 Å². The van der Waals surface area contributed by atoms with Crippen molar-refractivity contribution in [1.82, 2.24) is 19.6 Å². The van der Waals surface area contributed by atoms with Gasteiger partial charge in [0.05, 0.1) is 11.9 Å². The maximum Gasteiger partial charge on any atom is 0.213 e. The molecule has 1 aliphatic rings. The third-order valence-electron chi connectivity index (χ3n) is 3.55. The van der Waals surface area contributed by atoms with Gasteiger partial charge in [0.25, 0.3) is 0 Å². The molecular formula is C14H14N4S2. The molecular weight excluding hydrogens is 288 g/mol. The molecule has 4 nitrogen and oxygen atoms in total. The van der Waals surface area contributed by atoms with Crippen molar-refractivity contribution >= 4 is 28.1 Å². The third-order valence-corrected chi connectivity index (χ3v) is 5.90. The minimum atomic E-state index is 0.753. The molecule has 3 aromatic rings. The molecule has 3 heterocycles. The molecule has 1 saturated carbocycles. The standard InChI is InChI=1S/C14H14N4S2/c1-2-6-11(5-1)19-14-17-18-9-12(16-13(18)20-14)10-4-3-7-15-8-10/h3-4,7-9,11H,1-2,5-6H2. The van der Waals surface area contributed by atoms with Gasteiger partial charge in [-0.15, -0.1) is 5.10 Å². The van der Waals surface area contributed by atoms with Crippen LogP contribution in [0.15, 0.2) is 35.1 Å². The van der Waals surface area contributed by atoms with Gasteiger partial charge in [-0.05, 0) is 25.0 Å². The number of aromatic nitrogens is 4. The molecule has 0 unspecified atom stereocenters. The summed E-state index contributed by atoms with van der Waals surface area (Å²) in [5.74, 6) is 0. The second-order valence-electron chi connectivity index (χ2n) is 4.99. The van der Waals surface area contributed by atoms with E-state index in [0.717, 1.165) is 25.8 Å². The molecule has 20 heavy (non-hydrogen) atoms. The lowest BCUT2D eigenvalue weighted by Crippen LogP contribution is -1.93. The summed E-state index contributed by atoms with van der Waals surface area (Å²) in [5, 5.41) is 5.39. The van der Waals surface area contributed by atoms with Gasteiger partial charge >= 0.3 is 0 Å². The van der Waals surface area contributed by atoms with Gasteiger partial charge in [-0.3, -0.25) is 4.98 Å². The van der Waals surface area contributed by atoms with E-state index in [-0.39, 0.29) is 0 Å². The van der Waals surface area contributed by atoms with Crippen LogP contribution in [-0.2, 0) is 0 Å². The van der Waals surface area contributed by atoms with Crippen LogP contribution in [0.1, 0.15) is 25.7 Å². The number of nitrogens with zero attached hydrogens (tertiary/aromatic N) is 4. The predicted octanol–water partition coefficient (Wildman–Crippen LogP) is 3.89. The maximum absolute atomic E-state index is 4.64. The number of hydrogen-bond acceptors (Lipinski definition) is 5. The van der Waals surface area contributed by atoms with Gasteiger partial charge in [-0.1, -0.05) is 35.9 Å². The van der Waals surface area contributed by atoms with E-state index in [1.165, 1.54) is 25.7 Å². The van der Waals surface area contributed by atoms with Crippen molar-refractivity contribution in [3.05, 3.63) is 30.7 Å². The van der Waals surface area contributed by atoms with Crippen LogP contribution in [0.4, 0.5) is 0 Å². The summed E-state index contributed by atoms with van der Waals surface area (Å²) in [6.45, 7) is 0. The lowest BCUT2D eigenvalue weighted by molar-refractivity contribution is 0.884. The molecule has 0 aliphatic heterocycles. The minimum Gasteiger partial charge on any atom is -0.264 e. The summed E-state index contributed by atoms with van der Waals surface area (Å²) in [6, 6.07) is 3.95. The quantitative estimate of drug-likeness (QED) is 0.736. The number of hydrogen-bond donors (Lipinski definition) is 0. The first-order valence-corrected chi connectivity index (χ1v) is 8.51. The van der Waals surface area contributed by atoms with Gasteiger partial charge in [0.1, 0.15) is 0 Å². The highest BCUT2D eigenvalue weighted by molar-refractivity contribution is 8.01. The molecule has 0 radical (unpaired) electrons. The van der Waals surface area contributed by atoms with Crippen molar-refractivity contribution in [2.24, 2.45) is 0 Å². The zero-order valence-electron chi connectivity index (χ0n) is 10.9. The Hall–Kier alpha value is -1.40. The van der Waals surface area contributed by atoms with Crippen LogP contribution >= 0.6 is 23.1 Å². The van der Waals surface area contributed by atoms with Gasteiger partial charge < -0.3 is 0 Å². The van der Waals surface area contributed by atoms with Gasteiger partial charge in [0, 0.05) is 23.2 Å². The Balaban J connectivity index is 1.60. The molecule has 0 N–H and O–H groups in total. The van der Waals surface area contributed by atoms with Crippen molar-refractivity contribution < 1.29 is 0 Å². The monoisotopic (exact) mass is 302 g/mol. The number of imidazole rings is 1. The van der Waals surface area contributed by atoms with Crippen molar-refractivity contribution in [3.63, 3.8) is 0 Å². The smallest absolute Gasteiger partial charge is 0.213 e. The molecule has 0 spiro atoms. The summed E-state index contributed by atoms with van der Waals surface area (Å²) in [7, 11) is 0. The number of thioether (sulfide) groups is 1. The Kier molecular flexibility index (Phi) is 3.20. The topological polar surface area (TPSA) is 43.1 Å². The van der Waals surface area contributed by atoms with Crippen molar-refractivity contribution in [2.45, 2.75) is 35.3 Å². The van der Waals surface area contributed by atoms with Crippen molar-refractivity contribution in [1.29, 1.82) is 0 Å². The van der Waals surface area contributed by atoms with E-state index >= 15 is 0 Å². The number of pyridine rings is 1. The predicted molar refractivity (Wildman–Crippen MR) is 82.2 cm³/mol. The fourth-order valence-electron chi connectivity index (χ4n) is 2.53. The van der Waals surface area contributed by atoms with E-state index in [1.807, 2.05) is 40.8 Å². The second-order valence-corrected chi connectivity index (χ2v) is 7.49. The summed E-state index contributed by atoms with van der Waals surface area (Å²) >= 11 is 3.60. The lowest BCUT2D eigenvalue weighted by Gasteiger charge is -2.03. The number of rotatable bonds is 3. The Morgan fingerprint density at radius 3 is 2.95 bits per heavy atom. The van der Waals surface area contributed by atoms with E-state index in [9.17, 15) is 0 Å².